The van der Waals surface area contributed by atoms with Crippen LogP contribution in [-0.4, -0.2) is 35.5 Å². The van der Waals surface area contributed by atoms with Crippen molar-refractivity contribution >= 4 is 29.8 Å². The highest BCUT2D eigenvalue weighted by Gasteiger charge is 2.15. The van der Waals surface area contributed by atoms with E-state index in [9.17, 15) is 4.39 Å². The van der Waals surface area contributed by atoms with Crippen LogP contribution < -0.4 is 28.4 Å². The second-order valence-corrected chi connectivity index (χ2v) is 7.60. The van der Waals surface area contributed by atoms with E-state index < -0.39 is 0 Å². The fourth-order valence-corrected chi connectivity index (χ4v) is 3.96. The zero-order valence-corrected chi connectivity index (χ0v) is 19.9. The highest BCUT2D eigenvalue weighted by molar-refractivity contribution is 8.00. The lowest BCUT2D eigenvalue weighted by Crippen LogP contribution is -1.98. The number of halogens is 1. The molecule has 8 heteroatoms. The maximum Gasteiger partial charge on any atom is 0.203 e. The Hall–Kier alpha value is -3.52. The Balaban J connectivity index is 1.99. The van der Waals surface area contributed by atoms with Crippen molar-refractivity contribution in [1.29, 1.82) is 0 Å². The Kier molecular flexibility index (Phi) is 8.32. The van der Waals surface area contributed by atoms with E-state index in [-0.39, 0.29) is 5.82 Å². The van der Waals surface area contributed by atoms with E-state index in [0.29, 0.717) is 34.4 Å². The van der Waals surface area contributed by atoms with Crippen molar-refractivity contribution in [3.8, 4) is 28.7 Å². The maximum absolute atomic E-state index is 13.6. The lowest BCUT2D eigenvalue weighted by Gasteiger charge is -2.16. The van der Waals surface area contributed by atoms with E-state index in [1.54, 1.807) is 41.6 Å². The predicted octanol–water partition coefficient (Wildman–Crippen LogP) is 6.16. The summed E-state index contributed by atoms with van der Waals surface area (Å²) in [5, 5.41) is 0. The quantitative estimate of drug-likeness (QED) is 0.281. The molecule has 0 aromatic heterocycles. The van der Waals surface area contributed by atoms with Crippen LogP contribution in [0.4, 0.5) is 10.1 Å². The molecule has 0 atom stereocenters. The maximum atomic E-state index is 13.6. The first-order valence-corrected chi connectivity index (χ1v) is 10.8. The Morgan fingerprint density at radius 3 is 1.97 bits per heavy atom. The van der Waals surface area contributed by atoms with Gasteiger partial charge >= 0.3 is 0 Å². The van der Waals surface area contributed by atoms with Gasteiger partial charge in [-0.1, -0.05) is 18.2 Å². The standard InChI is InChI=1S/C25H26FNO5S/c1-28-20-12-11-17(10-9-16-13-21(29-2)24(31-4)22(14-16)30-3)23(25(20)32-5)27-33-19-8-6-7-18(26)15-19/h6-15,27H,1-5H3/b10-9-. The largest absolute Gasteiger partial charge is 0.493 e. The summed E-state index contributed by atoms with van der Waals surface area (Å²) >= 11 is 1.27. The molecule has 3 aromatic rings. The molecule has 0 unspecified atom stereocenters. The molecular formula is C25H26FNO5S. The minimum Gasteiger partial charge on any atom is -0.493 e. The zero-order chi connectivity index (χ0) is 23.8. The van der Waals surface area contributed by atoms with Gasteiger partial charge in [-0.05, 0) is 60.0 Å². The van der Waals surface area contributed by atoms with Gasteiger partial charge in [-0.15, -0.1) is 0 Å². The molecule has 174 valence electrons. The van der Waals surface area contributed by atoms with E-state index in [4.69, 9.17) is 23.7 Å². The molecule has 3 rings (SSSR count). The zero-order valence-electron chi connectivity index (χ0n) is 19.1. The first kappa shape index (κ1) is 24.1. The average Bonchev–Trinajstić information content (AvgIpc) is 2.85. The highest BCUT2D eigenvalue weighted by Crippen LogP contribution is 2.42. The smallest absolute Gasteiger partial charge is 0.203 e. The van der Waals surface area contributed by atoms with Crippen molar-refractivity contribution in [2.24, 2.45) is 0 Å². The van der Waals surface area contributed by atoms with Crippen LogP contribution in [0.15, 0.2) is 53.4 Å². The van der Waals surface area contributed by atoms with Gasteiger partial charge in [0.1, 0.15) is 5.82 Å². The first-order chi connectivity index (χ1) is 16.0. The van der Waals surface area contributed by atoms with Crippen LogP contribution in [0.2, 0.25) is 0 Å². The third kappa shape index (κ3) is 5.64. The molecule has 0 amide bonds. The molecule has 0 aliphatic heterocycles. The fraction of sp³-hybridized carbons (Fsp3) is 0.200. The van der Waals surface area contributed by atoms with Crippen molar-refractivity contribution in [2.75, 3.05) is 40.3 Å². The van der Waals surface area contributed by atoms with Crippen LogP contribution in [0, 0.1) is 5.82 Å². The van der Waals surface area contributed by atoms with Crippen molar-refractivity contribution in [2.45, 2.75) is 4.90 Å². The molecule has 0 heterocycles. The minimum atomic E-state index is -0.304. The SMILES string of the molecule is COc1cc(/C=C\c2ccc(OC)c(OC)c2NSc2cccc(F)c2)cc(OC)c1OC. The third-order valence-corrected chi connectivity index (χ3v) is 5.58. The summed E-state index contributed by atoms with van der Waals surface area (Å²) < 4.78 is 44.2. The molecule has 0 saturated heterocycles. The number of hydrogen-bond acceptors (Lipinski definition) is 7. The number of ether oxygens (including phenoxy) is 5. The molecule has 0 aliphatic rings. The first-order valence-electron chi connectivity index (χ1n) is 9.96. The molecule has 0 saturated carbocycles. The summed E-state index contributed by atoms with van der Waals surface area (Å²) in [6, 6.07) is 13.8. The molecule has 1 N–H and O–H groups in total. The van der Waals surface area contributed by atoms with Gasteiger partial charge in [-0.2, -0.15) is 0 Å². The van der Waals surface area contributed by atoms with Gasteiger partial charge in [0.15, 0.2) is 23.0 Å². The molecule has 3 aromatic carbocycles. The lowest BCUT2D eigenvalue weighted by atomic mass is 10.1. The number of anilines is 1. The van der Waals surface area contributed by atoms with E-state index in [2.05, 4.69) is 4.72 Å². The van der Waals surface area contributed by atoms with Gasteiger partial charge in [-0.3, -0.25) is 0 Å². The highest BCUT2D eigenvalue weighted by atomic mass is 32.2. The lowest BCUT2D eigenvalue weighted by molar-refractivity contribution is 0.324. The van der Waals surface area contributed by atoms with Gasteiger partial charge in [-0.25, -0.2) is 4.39 Å². The van der Waals surface area contributed by atoms with Crippen LogP contribution in [0.3, 0.4) is 0 Å². The van der Waals surface area contributed by atoms with Crippen LogP contribution in [0.5, 0.6) is 28.7 Å². The summed E-state index contributed by atoms with van der Waals surface area (Å²) in [4.78, 5) is 0.722. The van der Waals surface area contributed by atoms with Crippen LogP contribution in [0.1, 0.15) is 11.1 Å². The monoisotopic (exact) mass is 471 g/mol. The van der Waals surface area contributed by atoms with Crippen LogP contribution >= 0.6 is 11.9 Å². The van der Waals surface area contributed by atoms with Crippen LogP contribution in [-0.2, 0) is 0 Å². The molecule has 33 heavy (non-hydrogen) atoms. The molecular weight excluding hydrogens is 445 g/mol. The number of methoxy groups -OCH3 is 5. The van der Waals surface area contributed by atoms with Crippen molar-refractivity contribution in [1.82, 2.24) is 0 Å². The minimum absolute atomic E-state index is 0.304. The topological polar surface area (TPSA) is 58.2 Å². The van der Waals surface area contributed by atoms with Gasteiger partial charge < -0.3 is 28.4 Å². The predicted molar refractivity (Wildman–Crippen MR) is 130 cm³/mol. The van der Waals surface area contributed by atoms with Crippen molar-refractivity contribution in [3.63, 3.8) is 0 Å². The Bertz CT molecular complexity index is 1110. The van der Waals surface area contributed by atoms with E-state index >= 15 is 0 Å². The molecule has 6 nitrogen and oxygen atoms in total. The summed E-state index contributed by atoms with van der Waals surface area (Å²) in [6.45, 7) is 0. The van der Waals surface area contributed by atoms with E-state index in [1.165, 1.54) is 24.1 Å². The average molecular weight is 472 g/mol. The Morgan fingerprint density at radius 1 is 0.727 bits per heavy atom. The molecule has 0 fully saturated rings. The van der Waals surface area contributed by atoms with Gasteiger partial charge in [0.2, 0.25) is 5.75 Å². The van der Waals surface area contributed by atoms with E-state index in [1.807, 2.05) is 42.5 Å². The number of hydrogen-bond donors (Lipinski definition) is 1. The third-order valence-electron chi connectivity index (χ3n) is 4.79. The normalized spacial score (nSPS) is 10.7. The van der Waals surface area contributed by atoms with E-state index in [0.717, 1.165) is 16.0 Å². The molecule has 0 spiro atoms. The molecule has 0 aliphatic carbocycles. The molecule has 0 bridgehead atoms. The number of rotatable bonds is 10. The fourth-order valence-electron chi connectivity index (χ4n) is 3.21. The number of nitrogens with one attached hydrogen (secondary N) is 1. The van der Waals surface area contributed by atoms with Crippen LogP contribution in [0.25, 0.3) is 12.2 Å². The second-order valence-electron chi connectivity index (χ2n) is 6.72. The summed E-state index contributed by atoms with van der Waals surface area (Å²) in [5.41, 5.74) is 2.38. The van der Waals surface area contributed by atoms with Gasteiger partial charge in [0.25, 0.3) is 0 Å². The molecule has 0 radical (unpaired) electrons. The summed E-state index contributed by atoms with van der Waals surface area (Å²) in [7, 11) is 7.86. The van der Waals surface area contributed by atoms with Crippen molar-refractivity contribution < 1.29 is 28.1 Å². The van der Waals surface area contributed by atoms with Crippen molar-refractivity contribution in [3.05, 3.63) is 65.5 Å². The second kappa shape index (κ2) is 11.4. The summed E-state index contributed by atoms with van der Waals surface area (Å²) in [5.74, 6) is 2.45. The van der Waals surface area contributed by atoms with Gasteiger partial charge in [0.05, 0.1) is 41.2 Å². The Labute approximate surface area is 197 Å². The number of benzene rings is 3. The summed E-state index contributed by atoms with van der Waals surface area (Å²) in [6.07, 6.45) is 3.85. The van der Waals surface area contributed by atoms with Gasteiger partial charge in [0, 0.05) is 10.5 Å². The Morgan fingerprint density at radius 2 is 1.39 bits per heavy atom.